The number of hydrogen-bond acceptors (Lipinski definition) is 3. The average Bonchev–Trinajstić information content (AvgIpc) is 2.54. The van der Waals surface area contributed by atoms with Crippen LogP contribution in [0.1, 0.15) is 47.2 Å². The van der Waals surface area contributed by atoms with E-state index in [2.05, 4.69) is 10.3 Å². The van der Waals surface area contributed by atoms with E-state index in [1.165, 1.54) is 0 Å². The number of benzene rings is 1. The van der Waals surface area contributed by atoms with Gasteiger partial charge >= 0.3 is 0 Å². The highest BCUT2D eigenvalue weighted by atomic mass is 35.5. The molecule has 0 saturated heterocycles. The molecule has 4 nitrogen and oxygen atoms in total. The lowest BCUT2D eigenvalue weighted by atomic mass is 9.83. The molecule has 0 unspecified atom stereocenters. The van der Waals surface area contributed by atoms with Gasteiger partial charge in [0, 0.05) is 22.8 Å². The van der Waals surface area contributed by atoms with E-state index in [0.29, 0.717) is 35.1 Å². The van der Waals surface area contributed by atoms with Crippen molar-refractivity contribution in [1.29, 1.82) is 0 Å². The number of aryl methyl sites for hydroxylation is 1. The standard InChI is InChI=1S/C18H18Cl2N2O2/c1-10-7-11(19)8-15(20)14(10)9-22-18(24)13-4-5-16(23)17-12(13)3-2-6-21-17/h2-3,6-8,13,16,23H,4-5,9H2,1H3,(H,22,24)/t13-,16+/m1/s1. The molecule has 0 saturated carbocycles. The van der Waals surface area contributed by atoms with E-state index in [-0.39, 0.29) is 11.8 Å². The minimum atomic E-state index is -0.599. The summed E-state index contributed by atoms with van der Waals surface area (Å²) in [6.07, 6.45) is 2.17. The second kappa shape index (κ2) is 7.09. The fraction of sp³-hybridized carbons (Fsp3) is 0.333. The van der Waals surface area contributed by atoms with Gasteiger partial charge in [-0.3, -0.25) is 9.78 Å². The van der Waals surface area contributed by atoms with Crippen molar-refractivity contribution in [3.05, 3.63) is 62.9 Å². The maximum atomic E-state index is 12.6. The first-order valence-electron chi connectivity index (χ1n) is 7.82. The van der Waals surface area contributed by atoms with E-state index >= 15 is 0 Å². The molecule has 24 heavy (non-hydrogen) atoms. The van der Waals surface area contributed by atoms with Gasteiger partial charge in [-0.1, -0.05) is 29.3 Å². The molecule has 1 amide bonds. The van der Waals surface area contributed by atoms with Gasteiger partial charge < -0.3 is 10.4 Å². The first kappa shape index (κ1) is 17.2. The van der Waals surface area contributed by atoms with Crippen LogP contribution in [0.15, 0.2) is 30.5 Å². The van der Waals surface area contributed by atoms with E-state index in [1.54, 1.807) is 18.3 Å². The molecule has 0 fully saturated rings. The minimum Gasteiger partial charge on any atom is -0.387 e. The molecule has 1 aromatic heterocycles. The molecule has 0 spiro atoms. The Kier molecular flexibility index (Phi) is 5.09. The fourth-order valence-electron chi connectivity index (χ4n) is 3.15. The molecule has 0 radical (unpaired) electrons. The Morgan fingerprint density at radius 2 is 2.17 bits per heavy atom. The Morgan fingerprint density at radius 1 is 1.38 bits per heavy atom. The number of halogens is 2. The lowest BCUT2D eigenvalue weighted by Crippen LogP contribution is -2.32. The summed E-state index contributed by atoms with van der Waals surface area (Å²) in [4.78, 5) is 16.9. The van der Waals surface area contributed by atoms with Gasteiger partial charge in [-0.15, -0.1) is 0 Å². The number of aliphatic hydroxyl groups is 1. The third-order valence-corrected chi connectivity index (χ3v) is 4.99. The number of carbonyl (C=O) groups is 1. The Hall–Kier alpha value is -1.62. The zero-order chi connectivity index (χ0) is 17.3. The number of aromatic nitrogens is 1. The van der Waals surface area contributed by atoms with Gasteiger partial charge in [0.05, 0.1) is 17.7 Å². The minimum absolute atomic E-state index is 0.0819. The van der Waals surface area contributed by atoms with Crippen LogP contribution in [-0.4, -0.2) is 16.0 Å². The zero-order valence-corrected chi connectivity index (χ0v) is 14.7. The van der Waals surface area contributed by atoms with E-state index in [4.69, 9.17) is 23.2 Å². The highest BCUT2D eigenvalue weighted by Crippen LogP contribution is 2.36. The zero-order valence-electron chi connectivity index (χ0n) is 13.2. The Labute approximate surface area is 150 Å². The van der Waals surface area contributed by atoms with Crippen LogP contribution in [0.3, 0.4) is 0 Å². The van der Waals surface area contributed by atoms with E-state index in [9.17, 15) is 9.90 Å². The molecule has 0 bridgehead atoms. The number of aliphatic hydroxyl groups excluding tert-OH is 1. The molecule has 2 aromatic rings. The summed E-state index contributed by atoms with van der Waals surface area (Å²) in [7, 11) is 0. The number of fused-ring (bicyclic) bond motifs is 1. The number of hydrogen-bond donors (Lipinski definition) is 2. The van der Waals surface area contributed by atoms with Crippen LogP contribution in [0.4, 0.5) is 0 Å². The maximum Gasteiger partial charge on any atom is 0.227 e. The largest absolute Gasteiger partial charge is 0.387 e. The molecular formula is C18H18Cl2N2O2. The van der Waals surface area contributed by atoms with E-state index in [0.717, 1.165) is 16.7 Å². The normalized spacial score (nSPS) is 19.7. The number of pyridine rings is 1. The van der Waals surface area contributed by atoms with E-state index in [1.807, 2.05) is 19.1 Å². The summed E-state index contributed by atoms with van der Waals surface area (Å²) in [5, 5.41) is 14.1. The third-order valence-electron chi connectivity index (χ3n) is 4.43. The Bertz CT molecular complexity index is 756. The van der Waals surface area contributed by atoms with Crippen molar-refractivity contribution in [1.82, 2.24) is 10.3 Å². The van der Waals surface area contributed by atoms with Gasteiger partial charge in [0.2, 0.25) is 5.91 Å². The Balaban J connectivity index is 1.76. The molecule has 2 atom stereocenters. The molecular weight excluding hydrogens is 347 g/mol. The van der Waals surface area contributed by atoms with Crippen LogP contribution in [0.2, 0.25) is 10.0 Å². The summed E-state index contributed by atoms with van der Waals surface area (Å²) in [5.74, 6) is -0.384. The molecule has 2 N–H and O–H groups in total. The molecule has 1 heterocycles. The van der Waals surface area contributed by atoms with Crippen molar-refractivity contribution >= 4 is 29.1 Å². The quantitative estimate of drug-likeness (QED) is 0.867. The fourth-order valence-corrected chi connectivity index (χ4v) is 3.81. The average molecular weight is 365 g/mol. The number of rotatable bonds is 3. The smallest absolute Gasteiger partial charge is 0.227 e. The summed E-state index contributed by atoms with van der Waals surface area (Å²) in [5.41, 5.74) is 3.20. The topological polar surface area (TPSA) is 62.2 Å². The van der Waals surface area contributed by atoms with Crippen molar-refractivity contribution < 1.29 is 9.90 Å². The van der Waals surface area contributed by atoms with Crippen LogP contribution < -0.4 is 5.32 Å². The second-order valence-corrected chi connectivity index (χ2v) is 6.87. The third kappa shape index (κ3) is 3.41. The molecule has 1 aromatic carbocycles. The number of amides is 1. The molecule has 1 aliphatic rings. The Morgan fingerprint density at radius 3 is 2.92 bits per heavy atom. The summed E-state index contributed by atoms with van der Waals surface area (Å²) in [6, 6.07) is 7.14. The first-order valence-corrected chi connectivity index (χ1v) is 8.58. The molecule has 0 aliphatic heterocycles. The maximum absolute atomic E-state index is 12.6. The second-order valence-electron chi connectivity index (χ2n) is 6.02. The van der Waals surface area contributed by atoms with Crippen molar-refractivity contribution in [2.24, 2.45) is 0 Å². The monoisotopic (exact) mass is 364 g/mol. The lowest BCUT2D eigenvalue weighted by molar-refractivity contribution is -0.123. The predicted octanol–water partition coefficient (Wildman–Crippen LogP) is 3.92. The van der Waals surface area contributed by atoms with Gasteiger partial charge in [0.15, 0.2) is 0 Å². The van der Waals surface area contributed by atoms with Crippen LogP contribution in [-0.2, 0) is 11.3 Å². The van der Waals surface area contributed by atoms with Crippen molar-refractivity contribution in [3.63, 3.8) is 0 Å². The van der Waals surface area contributed by atoms with Crippen molar-refractivity contribution in [2.75, 3.05) is 0 Å². The van der Waals surface area contributed by atoms with Crippen LogP contribution >= 0.6 is 23.2 Å². The van der Waals surface area contributed by atoms with Crippen LogP contribution in [0, 0.1) is 6.92 Å². The van der Waals surface area contributed by atoms with E-state index < -0.39 is 6.10 Å². The summed E-state index contributed by atoms with van der Waals surface area (Å²) in [6.45, 7) is 2.25. The summed E-state index contributed by atoms with van der Waals surface area (Å²) < 4.78 is 0. The highest BCUT2D eigenvalue weighted by Gasteiger charge is 2.31. The number of nitrogens with one attached hydrogen (secondary N) is 1. The lowest BCUT2D eigenvalue weighted by Gasteiger charge is -2.27. The number of carbonyl (C=O) groups excluding carboxylic acids is 1. The van der Waals surface area contributed by atoms with Gasteiger partial charge in [-0.05, 0) is 54.7 Å². The SMILES string of the molecule is Cc1cc(Cl)cc(Cl)c1CNC(=O)[C@@H]1CC[C@H](O)c2ncccc21. The van der Waals surface area contributed by atoms with Crippen molar-refractivity contribution in [2.45, 2.75) is 38.3 Å². The molecule has 3 rings (SSSR count). The van der Waals surface area contributed by atoms with Gasteiger partial charge in [-0.25, -0.2) is 0 Å². The van der Waals surface area contributed by atoms with Crippen LogP contribution in [0.5, 0.6) is 0 Å². The first-order chi connectivity index (χ1) is 11.5. The summed E-state index contributed by atoms with van der Waals surface area (Å²) >= 11 is 12.2. The predicted molar refractivity (Wildman–Crippen MR) is 94.2 cm³/mol. The molecule has 126 valence electrons. The van der Waals surface area contributed by atoms with Crippen LogP contribution in [0.25, 0.3) is 0 Å². The van der Waals surface area contributed by atoms with Gasteiger partial charge in [0.25, 0.3) is 0 Å². The van der Waals surface area contributed by atoms with Crippen molar-refractivity contribution in [3.8, 4) is 0 Å². The van der Waals surface area contributed by atoms with Gasteiger partial charge in [0.1, 0.15) is 0 Å². The highest BCUT2D eigenvalue weighted by molar-refractivity contribution is 6.35. The molecule has 6 heteroatoms. The van der Waals surface area contributed by atoms with Gasteiger partial charge in [-0.2, -0.15) is 0 Å². The molecule has 1 aliphatic carbocycles. The number of nitrogens with zero attached hydrogens (tertiary/aromatic N) is 1.